The quantitative estimate of drug-likeness (QED) is 0.653. The van der Waals surface area contributed by atoms with Crippen molar-refractivity contribution in [3.05, 3.63) is 35.9 Å². The molecule has 1 aliphatic heterocycles. The van der Waals surface area contributed by atoms with Gasteiger partial charge in [0.05, 0.1) is 25.0 Å². The molecule has 0 radical (unpaired) electrons. The molecule has 1 fully saturated rings. The number of aliphatic hydroxyl groups excluding tert-OH is 1. The number of benzene rings is 1. The normalized spacial score (nSPS) is 25.7. The molecule has 2 rings (SSSR count). The van der Waals surface area contributed by atoms with E-state index in [-0.39, 0.29) is 19.1 Å². The number of carbonyl (C=O) groups is 1. The monoisotopic (exact) mass is 314 g/mol. The van der Waals surface area contributed by atoms with Gasteiger partial charge in [0.2, 0.25) is 10.0 Å². The molecule has 0 saturated carbocycles. The summed E-state index contributed by atoms with van der Waals surface area (Å²) in [7, 11) is -3.35. The lowest BCUT2D eigenvalue weighted by Crippen LogP contribution is -2.46. The van der Waals surface area contributed by atoms with Crippen LogP contribution in [0.15, 0.2) is 30.3 Å². The summed E-state index contributed by atoms with van der Waals surface area (Å²) in [6.07, 6.45) is -0.615. The third-order valence-electron chi connectivity index (χ3n) is 3.18. The Morgan fingerprint density at radius 3 is 2.67 bits per heavy atom. The lowest BCUT2D eigenvalue weighted by Gasteiger charge is -2.18. The van der Waals surface area contributed by atoms with Crippen LogP contribution in [0.2, 0.25) is 0 Å². The second-order valence-electron chi connectivity index (χ2n) is 4.93. The molecule has 3 atom stereocenters. The zero-order chi connectivity index (χ0) is 15.5. The molecule has 1 aromatic rings. The Hall–Kier alpha value is -1.48. The van der Waals surface area contributed by atoms with E-state index in [1.807, 2.05) is 0 Å². The van der Waals surface area contributed by atoms with Crippen LogP contribution in [-0.2, 0) is 14.8 Å². The summed E-state index contributed by atoms with van der Waals surface area (Å²) >= 11 is 0. The minimum atomic E-state index is -3.35. The highest BCUT2D eigenvalue weighted by molar-refractivity contribution is 7.88. The van der Waals surface area contributed by atoms with Gasteiger partial charge in [-0.3, -0.25) is 4.79 Å². The Kier molecular flexibility index (Phi) is 4.94. The molecule has 0 spiro atoms. The highest BCUT2D eigenvalue weighted by Crippen LogP contribution is 2.14. The fraction of sp³-hybridized carbons (Fsp3) is 0.462. The summed E-state index contributed by atoms with van der Waals surface area (Å²) in [6.45, 7) is 0.105. The average molecular weight is 314 g/mol. The van der Waals surface area contributed by atoms with Crippen LogP contribution in [0.4, 0.5) is 0 Å². The molecule has 116 valence electrons. The van der Waals surface area contributed by atoms with E-state index in [4.69, 9.17) is 4.74 Å². The molecule has 3 N–H and O–H groups in total. The molecule has 1 saturated heterocycles. The van der Waals surface area contributed by atoms with Crippen LogP contribution in [0.1, 0.15) is 10.4 Å². The molecule has 7 nitrogen and oxygen atoms in total. The standard InChI is InChI=1S/C13H18N2O5S/c1-21(18,19)14-7-11-12(16)10(8-20-11)15-13(17)9-5-3-2-4-6-9/h2-6,10-12,14,16H,7-8H2,1H3,(H,15,17). The second-order valence-corrected chi connectivity index (χ2v) is 6.76. The van der Waals surface area contributed by atoms with E-state index in [1.54, 1.807) is 30.3 Å². The third kappa shape index (κ3) is 4.50. The van der Waals surface area contributed by atoms with Crippen molar-refractivity contribution in [2.24, 2.45) is 0 Å². The van der Waals surface area contributed by atoms with Gasteiger partial charge in [0.15, 0.2) is 0 Å². The molecule has 3 unspecified atom stereocenters. The summed E-state index contributed by atoms with van der Waals surface area (Å²) < 4.78 is 29.6. The van der Waals surface area contributed by atoms with Gasteiger partial charge >= 0.3 is 0 Å². The predicted molar refractivity (Wildman–Crippen MR) is 76.3 cm³/mol. The van der Waals surface area contributed by atoms with E-state index in [2.05, 4.69) is 10.0 Å². The van der Waals surface area contributed by atoms with Crippen LogP contribution in [0.5, 0.6) is 0 Å². The fourth-order valence-corrected chi connectivity index (χ4v) is 2.53. The van der Waals surface area contributed by atoms with Crippen LogP contribution in [0, 0.1) is 0 Å². The number of aliphatic hydroxyl groups is 1. The first-order chi connectivity index (χ1) is 9.87. The summed E-state index contributed by atoms with van der Waals surface area (Å²) in [4.78, 5) is 12.0. The maximum Gasteiger partial charge on any atom is 0.251 e. The summed E-state index contributed by atoms with van der Waals surface area (Å²) in [5.74, 6) is -0.306. The number of sulfonamides is 1. The Morgan fingerprint density at radius 2 is 2.05 bits per heavy atom. The van der Waals surface area contributed by atoms with Crippen LogP contribution in [-0.4, -0.2) is 57.1 Å². The zero-order valence-electron chi connectivity index (χ0n) is 11.5. The van der Waals surface area contributed by atoms with Crippen LogP contribution in [0.3, 0.4) is 0 Å². The van der Waals surface area contributed by atoms with Crippen molar-refractivity contribution in [1.82, 2.24) is 10.0 Å². The number of nitrogens with one attached hydrogen (secondary N) is 2. The van der Waals surface area contributed by atoms with Crippen LogP contribution < -0.4 is 10.0 Å². The maximum absolute atomic E-state index is 12.0. The van der Waals surface area contributed by atoms with Crippen molar-refractivity contribution in [2.75, 3.05) is 19.4 Å². The fourth-order valence-electron chi connectivity index (χ4n) is 2.07. The topological polar surface area (TPSA) is 105 Å². The number of amides is 1. The molecule has 1 heterocycles. The molecule has 8 heteroatoms. The summed E-state index contributed by atoms with van der Waals surface area (Å²) in [5.41, 5.74) is 0.488. The molecule has 1 amide bonds. The Bertz CT molecular complexity index is 590. The Balaban J connectivity index is 1.90. The van der Waals surface area contributed by atoms with Gasteiger partial charge in [0.1, 0.15) is 6.10 Å². The van der Waals surface area contributed by atoms with Gasteiger partial charge in [-0.25, -0.2) is 13.1 Å². The lowest BCUT2D eigenvalue weighted by molar-refractivity contribution is 0.0441. The smallest absolute Gasteiger partial charge is 0.251 e. The minimum absolute atomic E-state index is 0.0301. The first-order valence-electron chi connectivity index (χ1n) is 6.47. The van der Waals surface area contributed by atoms with E-state index in [0.29, 0.717) is 5.56 Å². The summed E-state index contributed by atoms with van der Waals surface area (Å²) in [6, 6.07) is 8.06. The number of hydrogen-bond donors (Lipinski definition) is 3. The van der Waals surface area contributed by atoms with Crippen LogP contribution in [0.25, 0.3) is 0 Å². The van der Waals surface area contributed by atoms with Crippen molar-refractivity contribution < 1.29 is 23.1 Å². The minimum Gasteiger partial charge on any atom is -0.388 e. The van der Waals surface area contributed by atoms with E-state index in [9.17, 15) is 18.3 Å². The SMILES string of the molecule is CS(=O)(=O)NCC1OCC(NC(=O)c2ccccc2)C1O. The Labute approximate surface area is 123 Å². The van der Waals surface area contributed by atoms with E-state index in [1.165, 1.54) is 0 Å². The van der Waals surface area contributed by atoms with Gasteiger partial charge in [-0.15, -0.1) is 0 Å². The van der Waals surface area contributed by atoms with E-state index < -0.39 is 28.3 Å². The van der Waals surface area contributed by atoms with Crippen molar-refractivity contribution in [3.63, 3.8) is 0 Å². The van der Waals surface area contributed by atoms with Crippen molar-refractivity contribution in [1.29, 1.82) is 0 Å². The molecule has 21 heavy (non-hydrogen) atoms. The largest absolute Gasteiger partial charge is 0.388 e. The lowest BCUT2D eigenvalue weighted by atomic mass is 10.1. The van der Waals surface area contributed by atoms with Gasteiger partial charge < -0.3 is 15.2 Å². The number of carbonyl (C=O) groups excluding carboxylic acids is 1. The number of rotatable bonds is 5. The van der Waals surface area contributed by atoms with Gasteiger partial charge in [0, 0.05) is 12.1 Å². The van der Waals surface area contributed by atoms with Crippen molar-refractivity contribution in [3.8, 4) is 0 Å². The molecule has 1 aliphatic rings. The van der Waals surface area contributed by atoms with Gasteiger partial charge in [0.25, 0.3) is 5.91 Å². The molecule has 0 aromatic heterocycles. The van der Waals surface area contributed by atoms with E-state index >= 15 is 0 Å². The highest BCUT2D eigenvalue weighted by Gasteiger charge is 2.37. The van der Waals surface area contributed by atoms with Gasteiger partial charge in [-0.2, -0.15) is 0 Å². The molecular formula is C13H18N2O5S. The van der Waals surface area contributed by atoms with Gasteiger partial charge in [-0.1, -0.05) is 18.2 Å². The van der Waals surface area contributed by atoms with Crippen molar-refractivity contribution in [2.45, 2.75) is 18.2 Å². The molecule has 0 aliphatic carbocycles. The maximum atomic E-state index is 12.0. The van der Waals surface area contributed by atoms with E-state index in [0.717, 1.165) is 6.26 Å². The number of ether oxygens (including phenoxy) is 1. The Morgan fingerprint density at radius 1 is 1.38 bits per heavy atom. The van der Waals surface area contributed by atoms with Crippen molar-refractivity contribution >= 4 is 15.9 Å². The zero-order valence-corrected chi connectivity index (χ0v) is 12.3. The highest BCUT2D eigenvalue weighted by atomic mass is 32.2. The second kappa shape index (κ2) is 6.52. The third-order valence-corrected chi connectivity index (χ3v) is 3.87. The summed E-state index contributed by atoms with van der Waals surface area (Å²) in [5, 5.41) is 12.7. The van der Waals surface area contributed by atoms with Gasteiger partial charge in [-0.05, 0) is 12.1 Å². The van der Waals surface area contributed by atoms with Crippen LogP contribution >= 0.6 is 0 Å². The number of hydrogen-bond acceptors (Lipinski definition) is 5. The first kappa shape index (κ1) is 15.9. The molecule has 1 aromatic carbocycles. The first-order valence-corrected chi connectivity index (χ1v) is 8.36. The average Bonchev–Trinajstić information content (AvgIpc) is 2.78. The predicted octanol–water partition coefficient (Wildman–Crippen LogP) is -0.906. The molecular weight excluding hydrogens is 296 g/mol. The molecule has 0 bridgehead atoms.